The van der Waals surface area contributed by atoms with Gasteiger partial charge in [-0.1, -0.05) is 6.07 Å². The van der Waals surface area contributed by atoms with E-state index in [1.54, 1.807) is 12.1 Å². The van der Waals surface area contributed by atoms with Crippen molar-refractivity contribution < 1.29 is 18.7 Å². The highest BCUT2D eigenvalue weighted by atomic mass is 19.1. The van der Waals surface area contributed by atoms with Crippen molar-refractivity contribution in [1.29, 1.82) is 0 Å². The highest BCUT2D eigenvalue weighted by Gasteiger charge is 2.21. The van der Waals surface area contributed by atoms with E-state index in [9.17, 15) is 9.18 Å². The predicted molar refractivity (Wildman–Crippen MR) is 72.1 cm³/mol. The number of nitrogens with one attached hydrogen (secondary N) is 2. The third-order valence-corrected chi connectivity index (χ3v) is 2.94. The molecular formula is C14H19FN2O3. The van der Waals surface area contributed by atoms with E-state index in [2.05, 4.69) is 10.6 Å². The smallest absolute Gasteiger partial charge is 0.239 e. The SMILES string of the molecule is CC(CNC(=O)C1COCCN1)Oc1cccc(F)c1. The van der Waals surface area contributed by atoms with Crippen LogP contribution in [0.25, 0.3) is 0 Å². The van der Waals surface area contributed by atoms with Gasteiger partial charge in [-0.05, 0) is 19.1 Å². The molecule has 1 heterocycles. The first-order chi connectivity index (χ1) is 9.65. The molecule has 1 fully saturated rings. The lowest BCUT2D eigenvalue weighted by Gasteiger charge is -2.24. The third kappa shape index (κ3) is 4.47. The topological polar surface area (TPSA) is 59.6 Å². The highest BCUT2D eigenvalue weighted by Crippen LogP contribution is 2.13. The van der Waals surface area contributed by atoms with Crippen LogP contribution in [0.1, 0.15) is 6.92 Å². The average molecular weight is 282 g/mol. The van der Waals surface area contributed by atoms with Crippen molar-refractivity contribution in [3.8, 4) is 5.75 Å². The number of ether oxygens (including phenoxy) is 2. The summed E-state index contributed by atoms with van der Waals surface area (Å²) in [7, 11) is 0. The molecule has 2 N–H and O–H groups in total. The third-order valence-electron chi connectivity index (χ3n) is 2.94. The van der Waals surface area contributed by atoms with Crippen LogP contribution in [0.15, 0.2) is 24.3 Å². The number of morpholine rings is 1. The maximum Gasteiger partial charge on any atom is 0.239 e. The molecule has 6 heteroatoms. The number of rotatable bonds is 5. The van der Waals surface area contributed by atoms with Crippen LogP contribution in [-0.2, 0) is 9.53 Å². The molecule has 1 aromatic rings. The van der Waals surface area contributed by atoms with Crippen molar-refractivity contribution in [1.82, 2.24) is 10.6 Å². The fraction of sp³-hybridized carbons (Fsp3) is 0.500. The molecule has 20 heavy (non-hydrogen) atoms. The fourth-order valence-electron chi connectivity index (χ4n) is 1.92. The Morgan fingerprint density at radius 3 is 3.20 bits per heavy atom. The van der Waals surface area contributed by atoms with Crippen molar-refractivity contribution in [3.05, 3.63) is 30.1 Å². The summed E-state index contributed by atoms with van der Waals surface area (Å²) in [5.74, 6) is -0.00689. The van der Waals surface area contributed by atoms with Crippen LogP contribution in [0.5, 0.6) is 5.75 Å². The minimum atomic E-state index is -0.345. The molecule has 2 atom stereocenters. The molecule has 0 radical (unpaired) electrons. The zero-order valence-electron chi connectivity index (χ0n) is 11.4. The van der Waals surface area contributed by atoms with Crippen LogP contribution in [0.3, 0.4) is 0 Å². The van der Waals surface area contributed by atoms with E-state index in [0.29, 0.717) is 32.1 Å². The van der Waals surface area contributed by atoms with Crippen LogP contribution < -0.4 is 15.4 Å². The summed E-state index contributed by atoms with van der Waals surface area (Å²) < 4.78 is 23.8. The summed E-state index contributed by atoms with van der Waals surface area (Å²) in [5.41, 5.74) is 0. The van der Waals surface area contributed by atoms with Crippen LogP contribution >= 0.6 is 0 Å². The van der Waals surface area contributed by atoms with Crippen molar-refractivity contribution in [2.24, 2.45) is 0 Å². The molecule has 1 saturated heterocycles. The zero-order chi connectivity index (χ0) is 14.4. The molecule has 5 nitrogen and oxygen atoms in total. The Morgan fingerprint density at radius 2 is 2.50 bits per heavy atom. The van der Waals surface area contributed by atoms with Crippen LogP contribution in [0.4, 0.5) is 4.39 Å². The van der Waals surface area contributed by atoms with Crippen molar-refractivity contribution in [2.45, 2.75) is 19.1 Å². The summed E-state index contributed by atoms with van der Waals surface area (Å²) in [5, 5.41) is 5.86. The molecule has 0 spiro atoms. The van der Waals surface area contributed by atoms with Gasteiger partial charge in [-0.25, -0.2) is 4.39 Å². The van der Waals surface area contributed by atoms with Gasteiger partial charge in [0.05, 0.1) is 19.8 Å². The molecule has 2 unspecified atom stereocenters. The van der Waals surface area contributed by atoms with E-state index in [1.807, 2.05) is 6.92 Å². The second-order valence-corrected chi connectivity index (χ2v) is 4.71. The normalized spacial score (nSPS) is 20.2. The Hall–Kier alpha value is -1.66. The second-order valence-electron chi connectivity index (χ2n) is 4.71. The quantitative estimate of drug-likeness (QED) is 0.834. The molecular weight excluding hydrogens is 263 g/mol. The first-order valence-electron chi connectivity index (χ1n) is 6.66. The second kappa shape index (κ2) is 7.21. The lowest BCUT2D eigenvalue weighted by atomic mass is 10.2. The maximum atomic E-state index is 13.0. The van der Waals surface area contributed by atoms with Crippen LogP contribution in [-0.4, -0.2) is 44.4 Å². The van der Waals surface area contributed by atoms with Crippen molar-refractivity contribution >= 4 is 5.91 Å². The van der Waals surface area contributed by atoms with Gasteiger partial charge in [0, 0.05) is 12.6 Å². The minimum absolute atomic E-state index is 0.112. The van der Waals surface area contributed by atoms with Gasteiger partial charge in [0.25, 0.3) is 0 Å². The number of halogens is 1. The Kier molecular flexibility index (Phi) is 5.31. The molecule has 110 valence electrons. The minimum Gasteiger partial charge on any atom is -0.489 e. The van der Waals surface area contributed by atoms with Crippen LogP contribution in [0.2, 0.25) is 0 Å². The number of hydrogen-bond donors (Lipinski definition) is 2. The summed E-state index contributed by atoms with van der Waals surface area (Å²) in [6, 6.07) is 5.62. The number of benzene rings is 1. The molecule has 0 bridgehead atoms. The number of carbonyl (C=O) groups excluding carboxylic acids is 1. The van der Waals surface area contributed by atoms with E-state index < -0.39 is 0 Å². The number of amides is 1. The number of hydrogen-bond acceptors (Lipinski definition) is 4. The molecule has 1 aromatic carbocycles. The molecule has 0 aromatic heterocycles. The van der Waals surface area contributed by atoms with E-state index in [-0.39, 0.29) is 23.9 Å². The summed E-state index contributed by atoms with van der Waals surface area (Å²) in [4.78, 5) is 11.8. The van der Waals surface area contributed by atoms with Gasteiger partial charge in [0.1, 0.15) is 23.7 Å². The van der Waals surface area contributed by atoms with Crippen LogP contribution in [0, 0.1) is 5.82 Å². The molecule has 1 aliphatic heterocycles. The van der Waals surface area contributed by atoms with E-state index in [0.717, 1.165) is 0 Å². The standard InChI is InChI=1S/C14H19FN2O3/c1-10(20-12-4-2-3-11(15)7-12)8-17-14(18)13-9-19-6-5-16-13/h2-4,7,10,13,16H,5-6,8-9H2,1H3,(H,17,18). The molecule has 0 saturated carbocycles. The van der Waals surface area contributed by atoms with Gasteiger partial charge in [0.15, 0.2) is 0 Å². The zero-order valence-corrected chi connectivity index (χ0v) is 11.4. The maximum absolute atomic E-state index is 13.0. The Morgan fingerprint density at radius 1 is 1.65 bits per heavy atom. The summed E-state index contributed by atoms with van der Waals surface area (Å²) in [6.07, 6.45) is -0.245. The Bertz CT molecular complexity index is 450. The lowest BCUT2D eigenvalue weighted by Crippen LogP contribution is -2.52. The van der Waals surface area contributed by atoms with Gasteiger partial charge in [-0.15, -0.1) is 0 Å². The molecule has 0 aliphatic carbocycles. The largest absolute Gasteiger partial charge is 0.489 e. The monoisotopic (exact) mass is 282 g/mol. The predicted octanol–water partition coefficient (Wildman–Crippen LogP) is 0.698. The molecule has 2 rings (SSSR count). The summed E-state index contributed by atoms with van der Waals surface area (Å²) >= 11 is 0. The van der Waals surface area contributed by atoms with E-state index in [1.165, 1.54) is 12.1 Å². The highest BCUT2D eigenvalue weighted by molar-refractivity contribution is 5.82. The van der Waals surface area contributed by atoms with Gasteiger partial charge < -0.3 is 20.1 Å². The number of carbonyl (C=O) groups is 1. The van der Waals surface area contributed by atoms with Gasteiger partial charge >= 0.3 is 0 Å². The molecule has 1 amide bonds. The van der Waals surface area contributed by atoms with E-state index >= 15 is 0 Å². The van der Waals surface area contributed by atoms with Gasteiger partial charge in [0.2, 0.25) is 5.91 Å². The first-order valence-corrected chi connectivity index (χ1v) is 6.66. The van der Waals surface area contributed by atoms with Gasteiger partial charge in [-0.3, -0.25) is 4.79 Å². The fourth-order valence-corrected chi connectivity index (χ4v) is 1.92. The lowest BCUT2D eigenvalue weighted by molar-refractivity contribution is -0.126. The Balaban J connectivity index is 1.74. The van der Waals surface area contributed by atoms with Gasteiger partial charge in [-0.2, -0.15) is 0 Å². The van der Waals surface area contributed by atoms with Crippen molar-refractivity contribution in [3.63, 3.8) is 0 Å². The first kappa shape index (κ1) is 14.7. The van der Waals surface area contributed by atoms with Crippen molar-refractivity contribution in [2.75, 3.05) is 26.3 Å². The Labute approximate surface area is 117 Å². The van der Waals surface area contributed by atoms with E-state index in [4.69, 9.17) is 9.47 Å². The summed E-state index contributed by atoms with van der Waals surface area (Å²) in [6.45, 7) is 3.85. The molecule has 1 aliphatic rings. The average Bonchev–Trinajstić information content (AvgIpc) is 2.46.